The number of oxazole rings is 1. The largest absolute Gasteiger partial charge is 0.484 e. The van der Waals surface area contributed by atoms with Gasteiger partial charge in [-0.15, -0.1) is 0 Å². The first-order chi connectivity index (χ1) is 10.4. The van der Waals surface area contributed by atoms with Gasteiger partial charge in [-0.2, -0.15) is 0 Å². The van der Waals surface area contributed by atoms with Crippen LogP contribution in [0.2, 0.25) is 0 Å². The van der Waals surface area contributed by atoms with Crippen molar-refractivity contribution in [3.8, 4) is 5.75 Å². The fourth-order valence-electron chi connectivity index (χ4n) is 2.27. The summed E-state index contributed by atoms with van der Waals surface area (Å²) in [5.41, 5.74) is 2.57. The molecule has 0 saturated carbocycles. The van der Waals surface area contributed by atoms with Crippen LogP contribution in [-0.4, -0.2) is 9.97 Å². The molecule has 4 nitrogen and oxygen atoms in total. The molecule has 0 aliphatic carbocycles. The Morgan fingerprint density at radius 2 is 1.90 bits per heavy atom. The van der Waals surface area contributed by atoms with E-state index >= 15 is 0 Å². The number of rotatable bonds is 3. The van der Waals surface area contributed by atoms with Crippen molar-refractivity contribution in [2.45, 2.75) is 6.61 Å². The molecule has 0 N–H and O–H groups in total. The molecular formula is C17H12N2O2. The molecule has 0 bridgehead atoms. The van der Waals surface area contributed by atoms with Crippen LogP contribution in [0.15, 0.2) is 65.2 Å². The van der Waals surface area contributed by atoms with Gasteiger partial charge in [0.05, 0.1) is 5.52 Å². The Kier molecular flexibility index (Phi) is 2.78. The lowest BCUT2D eigenvalue weighted by molar-refractivity contribution is 0.267. The van der Waals surface area contributed by atoms with Crippen molar-refractivity contribution >= 4 is 22.0 Å². The molecule has 4 heteroatoms. The molecule has 0 fully saturated rings. The van der Waals surface area contributed by atoms with Crippen molar-refractivity contribution in [1.29, 1.82) is 0 Å². The van der Waals surface area contributed by atoms with Gasteiger partial charge in [-0.1, -0.05) is 18.2 Å². The van der Waals surface area contributed by atoms with E-state index in [2.05, 4.69) is 9.97 Å². The third-order valence-electron chi connectivity index (χ3n) is 3.27. The lowest BCUT2D eigenvalue weighted by atomic mass is 10.2. The summed E-state index contributed by atoms with van der Waals surface area (Å²) in [7, 11) is 0. The first-order valence-corrected chi connectivity index (χ1v) is 6.70. The summed E-state index contributed by atoms with van der Waals surface area (Å²) >= 11 is 0. The third kappa shape index (κ3) is 2.31. The van der Waals surface area contributed by atoms with Gasteiger partial charge in [0, 0.05) is 11.6 Å². The standard InChI is InChI=1S/C17H12N2O2/c1-2-6-16-15(5-1)19-17(21-16)11-20-13-7-8-14-12(10-13)4-3-9-18-14/h1-10H,11H2. The highest BCUT2D eigenvalue weighted by Crippen LogP contribution is 2.21. The van der Waals surface area contributed by atoms with Crippen LogP contribution in [0, 0.1) is 0 Å². The van der Waals surface area contributed by atoms with Gasteiger partial charge in [0.2, 0.25) is 5.89 Å². The molecule has 0 saturated heterocycles. The van der Waals surface area contributed by atoms with E-state index in [1.54, 1.807) is 6.20 Å². The smallest absolute Gasteiger partial charge is 0.233 e. The number of hydrogen-bond acceptors (Lipinski definition) is 4. The average Bonchev–Trinajstić information content (AvgIpc) is 2.95. The second-order valence-electron chi connectivity index (χ2n) is 4.72. The molecule has 0 radical (unpaired) electrons. The number of aromatic nitrogens is 2. The highest BCUT2D eigenvalue weighted by Gasteiger charge is 2.06. The second-order valence-corrected chi connectivity index (χ2v) is 4.72. The molecule has 0 atom stereocenters. The minimum atomic E-state index is 0.306. The number of pyridine rings is 1. The summed E-state index contributed by atoms with van der Waals surface area (Å²) < 4.78 is 11.4. The summed E-state index contributed by atoms with van der Waals surface area (Å²) in [6.07, 6.45) is 1.78. The van der Waals surface area contributed by atoms with Crippen LogP contribution in [0.3, 0.4) is 0 Å². The van der Waals surface area contributed by atoms with E-state index in [4.69, 9.17) is 9.15 Å². The van der Waals surface area contributed by atoms with Crippen LogP contribution in [0.5, 0.6) is 5.75 Å². The molecule has 4 rings (SSSR count). The van der Waals surface area contributed by atoms with E-state index in [1.807, 2.05) is 54.6 Å². The molecule has 4 aromatic rings. The third-order valence-corrected chi connectivity index (χ3v) is 3.27. The van der Waals surface area contributed by atoms with Gasteiger partial charge in [-0.05, 0) is 36.4 Å². The quantitative estimate of drug-likeness (QED) is 0.568. The molecule has 0 unspecified atom stereocenters. The normalized spacial score (nSPS) is 11.0. The van der Waals surface area contributed by atoms with Crippen molar-refractivity contribution < 1.29 is 9.15 Å². The molecule has 2 aromatic heterocycles. The maximum Gasteiger partial charge on any atom is 0.233 e. The van der Waals surface area contributed by atoms with Crippen LogP contribution in [-0.2, 0) is 6.61 Å². The highest BCUT2D eigenvalue weighted by molar-refractivity contribution is 5.79. The fourth-order valence-corrected chi connectivity index (χ4v) is 2.27. The Bertz CT molecular complexity index is 882. The van der Waals surface area contributed by atoms with Crippen LogP contribution in [0.25, 0.3) is 22.0 Å². The lowest BCUT2D eigenvalue weighted by Crippen LogP contribution is -1.95. The molecular weight excluding hydrogens is 264 g/mol. The maximum atomic E-state index is 5.75. The zero-order valence-corrected chi connectivity index (χ0v) is 11.2. The van der Waals surface area contributed by atoms with Gasteiger partial charge in [0.25, 0.3) is 0 Å². The van der Waals surface area contributed by atoms with Crippen LogP contribution >= 0.6 is 0 Å². The van der Waals surface area contributed by atoms with Crippen molar-refractivity contribution in [3.05, 3.63) is 66.7 Å². The number of nitrogens with zero attached hydrogens (tertiary/aromatic N) is 2. The summed E-state index contributed by atoms with van der Waals surface area (Å²) in [5, 5.41) is 1.05. The Balaban J connectivity index is 1.57. The van der Waals surface area contributed by atoms with E-state index in [9.17, 15) is 0 Å². The highest BCUT2D eigenvalue weighted by atomic mass is 16.5. The van der Waals surface area contributed by atoms with Gasteiger partial charge < -0.3 is 9.15 Å². The average molecular weight is 276 g/mol. The van der Waals surface area contributed by atoms with E-state index < -0.39 is 0 Å². The minimum Gasteiger partial charge on any atom is -0.484 e. The predicted octanol–water partition coefficient (Wildman–Crippen LogP) is 3.96. The second kappa shape index (κ2) is 4.90. The number of hydrogen-bond donors (Lipinski definition) is 0. The molecule has 21 heavy (non-hydrogen) atoms. The maximum absolute atomic E-state index is 5.75. The van der Waals surface area contributed by atoms with Crippen LogP contribution < -0.4 is 4.74 Å². The van der Waals surface area contributed by atoms with Crippen LogP contribution in [0.1, 0.15) is 5.89 Å². The first-order valence-electron chi connectivity index (χ1n) is 6.70. The molecule has 102 valence electrons. The first kappa shape index (κ1) is 11.9. The van der Waals surface area contributed by atoms with Crippen LogP contribution in [0.4, 0.5) is 0 Å². The number of fused-ring (bicyclic) bond motifs is 2. The molecule has 0 amide bonds. The van der Waals surface area contributed by atoms with Gasteiger partial charge in [0.15, 0.2) is 12.2 Å². The molecule has 2 heterocycles. The van der Waals surface area contributed by atoms with Gasteiger partial charge in [-0.25, -0.2) is 4.98 Å². The Morgan fingerprint density at radius 3 is 2.86 bits per heavy atom. The zero-order valence-electron chi connectivity index (χ0n) is 11.2. The monoisotopic (exact) mass is 276 g/mol. The van der Waals surface area contributed by atoms with E-state index in [-0.39, 0.29) is 0 Å². The zero-order chi connectivity index (χ0) is 14.1. The molecule has 0 aliphatic rings. The van der Waals surface area contributed by atoms with Crippen molar-refractivity contribution in [1.82, 2.24) is 9.97 Å². The van der Waals surface area contributed by atoms with Gasteiger partial charge >= 0.3 is 0 Å². The van der Waals surface area contributed by atoms with Crippen molar-refractivity contribution in [2.24, 2.45) is 0 Å². The molecule has 0 spiro atoms. The number of benzene rings is 2. The Morgan fingerprint density at radius 1 is 0.952 bits per heavy atom. The number of para-hydroxylation sites is 2. The summed E-state index contributed by atoms with van der Waals surface area (Å²) in [6.45, 7) is 0.306. The Hall–Kier alpha value is -2.88. The summed E-state index contributed by atoms with van der Waals surface area (Å²) in [5.74, 6) is 1.35. The SMILES string of the molecule is c1cnc2ccc(OCc3nc4ccccc4o3)cc2c1. The predicted molar refractivity (Wildman–Crippen MR) is 80.1 cm³/mol. The van der Waals surface area contributed by atoms with Crippen molar-refractivity contribution in [2.75, 3.05) is 0 Å². The van der Waals surface area contributed by atoms with Crippen molar-refractivity contribution in [3.63, 3.8) is 0 Å². The summed E-state index contributed by atoms with van der Waals surface area (Å²) in [4.78, 5) is 8.67. The fraction of sp³-hybridized carbons (Fsp3) is 0.0588. The number of ether oxygens (including phenoxy) is 1. The topological polar surface area (TPSA) is 48.2 Å². The van der Waals surface area contributed by atoms with Gasteiger partial charge in [-0.3, -0.25) is 4.98 Å². The summed E-state index contributed by atoms with van der Waals surface area (Å²) in [6, 6.07) is 17.4. The van der Waals surface area contributed by atoms with Gasteiger partial charge in [0.1, 0.15) is 11.3 Å². The molecule has 0 aliphatic heterocycles. The Labute approximate surface area is 121 Å². The molecule has 2 aromatic carbocycles. The van der Waals surface area contributed by atoms with E-state index in [0.29, 0.717) is 12.5 Å². The minimum absolute atomic E-state index is 0.306. The lowest BCUT2D eigenvalue weighted by Gasteiger charge is -2.04. The van der Waals surface area contributed by atoms with E-state index in [0.717, 1.165) is 27.8 Å². The van der Waals surface area contributed by atoms with E-state index in [1.165, 1.54) is 0 Å².